The van der Waals surface area contributed by atoms with E-state index in [1.807, 2.05) is 31.5 Å². The van der Waals surface area contributed by atoms with Crippen molar-refractivity contribution >= 4 is 38.8 Å². The highest BCUT2D eigenvalue weighted by Crippen LogP contribution is 2.28. The molecule has 3 rings (SSSR count). The fourth-order valence-electron chi connectivity index (χ4n) is 3.03. The van der Waals surface area contributed by atoms with Crippen LogP contribution in [0.25, 0.3) is 0 Å². The highest BCUT2D eigenvalue weighted by molar-refractivity contribution is 7.94. The summed E-state index contributed by atoms with van der Waals surface area (Å²) in [5, 5.41) is 9.41. The van der Waals surface area contributed by atoms with Crippen LogP contribution in [0.4, 0.5) is 11.5 Å². The quantitative estimate of drug-likeness (QED) is 0.527. The zero-order valence-electron chi connectivity index (χ0n) is 19.3. The first kappa shape index (κ1) is 24.0. The molecule has 0 saturated carbocycles. The lowest BCUT2D eigenvalue weighted by atomic mass is 9.92. The molecule has 0 aliphatic carbocycles. The minimum atomic E-state index is -3.60. The van der Waals surface area contributed by atoms with Gasteiger partial charge in [-0.2, -0.15) is 5.10 Å². The molecule has 0 radical (unpaired) electrons. The van der Waals surface area contributed by atoms with Gasteiger partial charge in [-0.25, -0.2) is 13.1 Å². The molecule has 32 heavy (non-hydrogen) atoms. The third-order valence-corrected chi connectivity index (χ3v) is 7.49. The largest absolute Gasteiger partial charge is 0.311 e. The number of hydrogen-bond acceptors (Lipinski definition) is 5. The van der Waals surface area contributed by atoms with E-state index in [1.54, 1.807) is 41.8 Å². The van der Waals surface area contributed by atoms with E-state index in [0.717, 1.165) is 22.6 Å². The molecule has 0 spiro atoms. The average Bonchev–Trinajstić information content (AvgIpc) is 3.32. The zero-order valence-corrected chi connectivity index (χ0v) is 20.9. The molecule has 2 N–H and O–H groups in total. The highest BCUT2D eigenvalue weighted by Gasteiger charge is 2.25. The van der Waals surface area contributed by atoms with E-state index in [9.17, 15) is 13.2 Å². The van der Waals surface area contributed by atoms with Crippen LogP contribution in [0.5, 0.6) is 0 Å². The predicted octanol–water partition coefficient (Wildman–Crippen LogP) is 4.98. The molecule has 2 aromatic heterocycles. The summed E-state index contributed by atoms with van der Waals surface area (Å²) in [6, 6.07) is 12.0. The average molecular weight is 475 g/mol. The number of benzene rings is 1. The standard InChI is InChI=1S/C23H30N4O3S2/c1-22(2,3)18-15-19(27(25-18)23(4,5)6)24-20(28)14-16-9-11-17(12-10-16)26-32(29,30)21-8-7-13-31-21/h7-13,15,26H,14H2,1-6H3,(H,24,28). The number of thiophene rings is 1. The summed E-state index contributed by atoms with van der Waals surface area (Å²) in [4.78, 5) is 12.7. The molecule has 0 saturated heterocycles. The molecule has 0 bridgehead atoms. The van der Waals surface area contributed by atoms with Gasteiger partial charge >= 0.3 is 0 Å². The smallest absolute Gasteiger partial charge is 0.271 e. The molecular weight excluding hydrogens is 444 g/mol. The van der Waals surface area contributed by atoms with Crippen molar-refractivity contribution in [3.05, 3.63) is 59.1 Å². The van der Waals surface area contributed by atoms with E-state index in [1.165, 1.54) is 0 Å². The van der Waals surface area contributed by atoms with Crippen molar-refractivity contribution in [1.82, 2.24) is 9.78 Å². The Labute approximate surface area is 193 Å². The van der Waals surface area contributed by atoms with Gasteiger partial charge in [0.05, 0.1) is 17.7 Å². The van der Waals surface area contributed by atoms with Gasteiger partial charge in [-0.15, -0.1) is 11.3 Å². The molecule has 0 aliphatic rings. The summed E-state index contributed by atoms with van der Waals surface area (Å²) >= 11 is 1.16. The van der Waals surface area contributed by atoms with Gasteiger partial charge in [0.1, 0.15) is 10.0 Å². The van der Waals surface area contributed by atoms with Crippen LogP contribution in [0.3, 0.4) is 0 Å². The summed E-state index contributed by atoms with van der Waals surface area (Å²) in [7, 11) is -3.60. The van der Waals surface area contributed by atoms with Crippen molar-refractivity contribution in [2.75, 3.05) is 10.0 Å². The van der Waals surface area contributed by atoms with E-state index >= 15 is 0 Å². The summed E-state index contributed by atoms with van der Waals surface area (Å²) in [6.45, 7) is 12.4. The van der Waals surface area contributed by atoms with Crippen molar-refractivity contribution in [2.45, 2.75) is 63.1 Å². The SMILES string of the molecule is CC(C)(C)c1cc(NC(=O)Cc2ccc(NS(=O)(=O)c3cccs3)cc2)n(C(C)(C)C)n1. The first-order chi connectivity index (χ1) is 14.8. The van der Waals surface area contributed by atoms with E-state index in [0.29, 0.717) is 11.5 Å². The number of rotatable bonds is 6. The number of nitrogens with one attached hydrogen (secondary N) is 2. The number of aromatic nitrogens is 2. The Balaban J connectivity index is 1.70. The van der Waals surface area contributed by atoms with Crippen LogP contribution in [0.15, 0.2) is 52.1 Å². The van der Waals surface area contributed by atoms with Crippen molar-refractivity contribution in [3.63, 3.8) is 0 Å². The van der Waals surface area contributed by atoms with E-state index in [2.05, 4.69) is 30.8 Å². The molecule has 1 amide bonds. The molecule has 0 unspecified atom stereocenters. The molecule has 9 heteroatoms. The minimum Gasteiger partial charge on any atom is -0.311 e. The van der Waals surface area contributed by atoms with Crippen LogP contribution in [-0.4, -0.2) is 24.1 Å². The number of carbonyl (C=O) groups excluding carboxylic acids is 1. The van der Waals surface area contributed by atoms with Crippen molar-refractivity contribution in [1.29, 1.82) is 0 Å². The van der Waals surface area contributed by atoms with E-state index < -0.39 is 10.0 Å². The van der Waals surface area contributed by atoms with Gasteiger partial charge in [-0.3, -0.25) is 9.52 Å². The minimum absolute atomic E-state index is 0.137. The van der Waals surface area contributed by atoms with Gasteiger partial charge in [-0.05, 0) is 49.9 Å². The van der Waals surface area contributed by atoms with E-state index in [-0.39, 0.29) is 27.5 Å². The molecule has 0 fully saturated rings. The van der Waals surface area contributed by atoms with Crippen LogP contribution in [0.1, 0.15) is 52.8 Å². The Morgan fingerprint density at radius 1 is 1.06 bits per heavy atom. The molecule has 3 aromatic rings. The fourth-order valence-corrected chi connectivity index (χ4v) is 5.08. The lowest BCUT2D eigenvalue weighted by Crippen LogP contribution is -2.27. The third kappa shape index (κ3) is 5.77. The van der Waals surface area contributed by atoms with Crippen molar-refractivity contribution < 1.29 is 13.2 Å². The fraction of sp³-hybridized carbons (Fsp3) is 0.391. The normalized spacial score (nSPS) is 12.6. The second-order valence-electron chi connectivity index (χ2n) is 9.71. The second kappa shape index (κ2) is 8.71. The lowest BCUT2D eigenvalue weighted by molar-refractivity contribution is -0.115. The summed E-state index contributed by atoms with van der Waals surface area (Å²) in [5.74, 6) is 0.496. The van der Waals surface area contributed by atoms with Crippen molar-refractivity contribution in [3.8, 4) is 0 Å². The first-order valence-electron chi connectivity index (χ1n) is 10.3. The molecular formula is C23H30N4O3S2. The summed E-state index contributed by atoms with van der Waals surface area (Å²) in [6.07, 6.45) is 0.165. The van der Waals surface area contributed by atoms with Crippen LogP contribution in [0.2, 0.25) is 0 Å². The topological polar surface area (TPSA) is 93.1 Å². The van der Waals surface area contributed by atoms with Gasteiger partial charge in [0.25, 0.3) is 10.0 Å². The Bertz CT molecular complexity index is 1180. The second-order valence-corrected chi connectivity index (χ2v) is 12.6. The maximum Gasteiger partial charge on any atom is 0.271 e. The van der Waals surface area contributed by atoms with Crippen LogP contribution >= 0.6 is 11.3 Å². The van der Waals surface area contributed by atoms with Crippen LogP contribution in [0, 0.1) is 0 Å². The first-order valence-corrected chi connectivity index (χ1v) is 12.7. The number of sulfonamides is 1. The summed E-state index contributed by atoms with van der Waals surface area (Å²) in [5.41, 5.74) is 1.71. The predicted molar refractivity (Wildman–Crippen MR) is 130 cm³/mol. The Kier molecular flexibility index (Phi) is 6.53. The van der Waals surface area contributed by atoms with Gasteiger partial charge in [0, 0.05) is 17.2 Å². The maximum absolute atomic E-state index is 12.7. The Morgan fingerprint density at radius 2 is 1.72 bits per heavy atom. The van der Waals surface area contributed by atoms with Gasteiger partial charge in [-0.1, -0.05) is 39.0 Å². The zero-order chi connectivity index (χ0) is 23.7. The maximum atomic E-state index is 12.7. The number of anilines is 2. The van der Waals surface area contributed by atoms with Crippen LogP contribution < -0.4 is 10.0 Å². The molecule has 2 heterocycles. The molecule has 172 valence electrons. The lowest BCUT2D eigenvalue weighted by Gasteiger charge is -2.23. The third-order valence-electron chi connectivity index (χ3n) is 4.71. The molecule has 1 aromatic carbocycles. The number of amides is 1. The number of hydrogen-bond donors (Lipinski definition) is 2. The molecule has 0 atom stereocenters. The van der Waals surface area contributed by atoms with Crippen LogP contribution in [-0.2, 0) is 32.2 Å². The highest BCUT2D eigenvalue weighted by atomic mass is 32.2. The van der Waals surface area contributed by atoms with Gasteiger partial charge < -0.3 is 5.32 Å². The number of carbonyl (C=O) groups is 1. The van der Waals surface area contributed by atoms with Crippen molar-refractivity contribution in [2.24, 2.45) is 0 Å². The Hall–Kier alpha value is -2.65. The van der Waals surface area contributed by atoms with E-state index in [4.69, 9.17) is 5.10 Å². The molecule has 7 nitrogen and oxygen atoms in total. The summed E-state index contributed by atoms with van der Waals surface area (Å²) < 4.78 is 29.3. The number of nitrogens with zero attached hydrogens (tertiary/aromatic N) is 2. The van der Waals surface area contributed by atoms with Gasteiger partial charge in [0.2, 0.25) is 5.91 Å². The Morgan fingerprint density at radius 3 is 2.25 bits per heavy atom. The monoisotopic (exact) mass is 474 g/mol. The van der Waals surface area contributed by atoms with Gasteiger partial charge in [0.15, 0.2) is 0 Å². The molecule has 0 aliphatic heterocycles.